The molecular formula is C20H23N3OS. The Bertz CT molecular complexity index is 924. The summed E-state index contributed by atoms with van der Waals surface area (Å²) < 4.78 is 2.18. The first-order chi connectivity index (χ1) is 12.2. The number of aryl methyl sites for hydroxylation is 2. The minimum absolute atomic E-state index is 0.0784. The molecule has 1 aliphatic heterocycles. The van der Waals surface area contributed by atoms with Gasteiger partial charge in [-0.05, 0) is 43.5 Å². The molecule has 0 spiro atoms. The number of imidazole rings is 1. The number of nitrogens with one attached hydrogen (secondary N) is 1. The maximum absolute atomic E-state index is 12.3. The van der Waals surface area contributed by atoms with Crippen LogP contribution in [0.2, 0.25) is 0 Å². The normalized spacial score (nSPS) is 17.4. The smallest absolute Gasteiger partial charge is 0.221 e. The zero-order chi connectivity index (χ0) is 17.4. The van der Waals surface area contributed by atoms with Crippen LogP contribution < -0.4 is 5.32 Å². The van der Waals surface area contributed by atoms with Crippen LogP contribution >= 0.6 is 11.3 Å². The second-order valence-electron chi connectivity index (χ2n) is 6.82. The first-order valence-electron chi connectivity index (χ1n) is 8.98. The SMILES string of the molecule is CCCCc1ccc(C2CC(=O)NCc3nc4ccc(C)cn4c32)s1. The van der Waals surface area contributed by atoms with E-state index in [4.69, 9.17) is 4.98 Å². The number of amides is 1. The van der Waals surface area contributed by atoms with Crippen molar-refractivity contribution in [1.29, 1.82) is 0 Å². The molecule has 4 nitrogen and oxygen atoms in total. The maximum atomic E-state index is 12.3. The second kappa shape index (κ2) is 6.64. The van der Waals surface area contributed by atoms with E-state index in [1.165, 1.54) is 33.9 Å². The van der Waals surface area contributed by atoms with E-state index in [0.29, 0.717) is 13.0 Å². The van der Waals surface area contributed by atoms with Crippen molar-refractivity contribution in [2.24, 2.45) is 0 Å². The first kappa shape index (κ1) is 16.3. The van der Waals surface area contributed by atoms with E-state index in [1.54, 1.807) is 0 Å². The van der Waals surface area contributed by atoms with E-state index in [1.807, 2.05) is 11.3 Å². The average molecular weight is 353 g/mol. The van der Waals surface area contributed by atoms with Gasteiger partial charge in [0.2, 0.25) is 5.91 Å². The third-order valence-corrected chi connectivity index (χ3v) is 6.11. The number of hydrogen-bond donors (Lipinski definition) is 1. The zero-order valence-electron chi connectivity index (χ0n) is 14.7. The van der Waals surface area contributed by atoms with E-state index in [-0.39, 0.29) is 11.8 Å². The molecule has 0 bridgehead atoms. The Kier molecular flexibility index (Phi) is 4.34. The number of hydrogen-bond acceptors (Lipinski definition) is 3. The number of nitrogens with zero attached hydrogens (tertiary/aromatic N) is 2. The van der Waals surface area contributed by atoms with Crippen molar-refractivity contribution < 1.29 is 4.79 Å². The molecule has 5 heteroatoms. The van der Waals surface area contributed by atoms with Crippen molar-refractivity contribution in [3.63, 3.8) is 0 Å². The van der Waals surface area contributed by atoms with Crippen LogP contribution in [-0.2, 0) is 17.8 Å². The molecule has 4 heterocycles. The average Bonchev–Trinajstić information content (AvgIpc) is 3.16. The summed E-state index contributed by atoms with van der Waals surface area (Å²) in [6, 6.07) is 8.58. The highest BCUT2D eigenvalue weighted by Gasteiger charge is 2.29. The molecule has 1 unspecified atom stereocenters. The molecule has 3 aromatic heterocycles. The molecule has 0 aliphatic carbocycles. The Morgan fingerprint density at radius 3 is 3.04 bits per heavy atom. The lowest BCUT2D eigenvalue weighted by atomic mass is 9.98. The summed E-state index contributed by atoms with van der Waals surface area (Å²) in [6.45, 7) is 4.82. The zero-order valence-corrected chi connectivity index (χ0v) is 15.5. The second-order valence-corrected chi connectivity index (χ2v) is 8.02. The van der Waals surface area contributed by atoms with E-state index in [2.05, 4.69) is 54.0 Å². The summed E-state index contributed by atoms with van der Waals surface area (Å²) in [5, 5.41) is 3.01. The lowest BCUT2D eigenvalue weighted by Crippen LogP contribution is -2.21. The fraction of sp³-hybridized carbons (Fsp3) is 0.400. The Morgan fingerprint density at radius 1 is 1.32 bits per heavy atom. The molecule has 25 heavy (non-hydrogen) atoms. The van der Waals surface area contributed by atoms with E-state index in [0.717, 1.165) is 17.8 Å². The fourth-order valence-corrected chi connectivity index (χ4v) is 4.71. The third-order valence-electron chi connectivity index (χ3n) is 4.85. The number of carbonyl (C=O) groups is 1. The minimum Gasteiger partial charge on any atom is -0.350 e. The molecule has 3 aromatic rings. The van der Waals surface area contributed by atoms with E-state index < -0.39 is 0 Å². The van der Waals surface area contributed by atoms with Gasteiger partial charge in [-0.2, -0.15) is 0 Å². The largest absolute Gasteiger partial charge is 0.350 e. The maximum Gasteiger partial charge on any atom is 0.221 e. The molecule has 0 radical (unpaired) electrons. The van der Waals surface area contributed by atoms with Gasteiger partial charge in [0.1, 0.15) is 5.65 Å². The quantitative estimate of drug-likeness (QED) is 0.764. The molecule has 1 N–H and O–H groups in total. The van der Waals surface area contributed by atoms with Gasteiger partial charge in [0, 0.05) is 28.3 Å². The lowest BCUT2D eigenvalue weighted by molar-refractivity contribution is -0.121. The third kappa shape index (κ3) is 3.09. The summed E-state index contributed by atoms with van der Waals surface area (Å²) in [5.41, 5.74) is 4.32. The highest BCUT2D eigenvalue weighted by molar-refractivity contribution is 7.12. The highest BCUT2D eigenvalue weighted by Crippen LogP contribution is 2.37. The monoisotopic (exact) mass is 353 g/mol. The lowest BCUT2D eigenvalue weighted by Gasteiger charge is -2.14. The number of carbonyl (C=O) groups excluding carboxylic acids is 1. The molecule has 1 atom stereocenters. The minimum atomic E-state index is 0.0784. The Hall–Kier alpha value is -2.14. The molecular weight excluding hydrogens is 330 g/mol. The van der Waals surface area contributed by atoms with Crippen molar-refractivity contribution in [3.8, 4) is 0 Å². The molecule has 4 rings (SSSR count). The molecule has 0 saturated carbocycles. The Balaban J connectivity index is 1.81. The van der Waals surface area contributed by atoms with Crippen LogP contribution in [0, 0.1) is 6.92 Å². The number of pyridine rings is 1. The van der Waals surface area contributed by atoms with Gasteiger partial charge in [0.25, 0.3) is 0 Å². The van der Waals surface area contributed by atoms with E-state index >= 15 is 0 Å². The highest BCUT2D eigenvalue weighted by atomic mass is 32.1. The number of thiophene rings is 1. The summed E-state index contributed by atoms with van der Waals surface area (Å²) in [5.74, 6) is 0.183. The molecule has 0 fully saturated rings. The van der Waals surface area contributed by atoms with Gasteiger partial charge in [0.05, 0.1) is 17.9 Å². The van der Waals surface area contributed by atoms with Gasteiger partial charge in [-0.15, -0.1) is 11.3 Å². The predicted octanol–water partition coefficient (Wildman–Crippen LogP) is 4.20. The Labute approximate surface area is 151 Å². The van der Waals surface area contributed by atoms with Crippen LogP contribution in [0.1, 0.15) is 58.8 Å². The first-order valence-corrected chi connectivity index (χ1v) is 9.80. The van der Waals surface area contributed by atoms with Gasteiger partial charge >= 0.3 is 0 Å². The van der Waals surface area contributed by atoms with Gasteiger partial charge in [-0.3, -0.25) is 4.79 Å². The van der Waals surface area contributed by atoms with Crippen molar-refractivity contribution in [2.45, 2.75) is 52.0 Å². The molecule has 1 amide bonds. The summed E-state index contributed by atoms with van der Waals surface area (Å²) in [6.07, 6.45) is 6.16. The topological polar surface area (TPSA) is 46.4 Å². The van der Waals surface area contributed by atoms with Gasteiger partial charge in [-0.25, -0.2) is 4.98 Å². The van der Waals surface area contributed by atoms with Crippen LogP contribution in [-0.4, -0.2) is 15.3 Å². The van der Waals surface area contributed by atoms with Crippen LogP contribution in [0.25, 0.3) is 5.65 Å². The van der Waals surface area contributed by atoms with Crippen molar-refractivity contribution >= 4 is 22.9 Å². The summed E-state index contributed by atoms with van der Waals surface area (Å²) in [4.78, 5) is 19.7. The molecule has 0 saturated heterocycles. The molecule has 130 valence electrons. The number of aromatic nitrogens is 2. The number of rotatable bonds is 4. The van der Waals surface area contributed by atoms with Gasteiger partial charge in [0.15, 0.2) is 0 Å². The summed E-state index contributed by atoms with van der Waals surface area (Å²) in [7, 11) is 0. The van der Waals surface area contributed by atoms with Gasteiger partial charge < -0.3 is 9.72 Å². The Morgan fingerprint density at radius 2 is 2.20 bits per heavy atom. The fourth-order valence-electron chi connectivity index (χ4n) is 3.56. The van der Waals surface area contributed by atoms with Gasteiger partial charge in [-0.1, -0.05) is 19.4 Å². The van der Waals surface area contributed by atoms with Crippen LogP contribution in [0.3, 0.4) is 0 Å². The number of unbranched alkanes of at least 4 members (excludes halogenated alkanes) is 1. The standard InChI is InChI=1S/C20H23N3OS/c1-3-4-5-14-7-8-17(25-14)15-10-19(24)21-11-16-20(15)23-12-13(2)6-9-18(23)22-16/h6-9,12,15H,3-5,10-11H2,1-2H3,(H,21,24). The van der Waals surface area contributed by atoms with E-state index in [9.17, 15) is 4.79 Å². The van der Waals surface area contributed by atoms with Crippen molar-refractivity contribution in [3.05, 3.63) is 57.2 Å². The predicted molar refractivity (Wildman–Crippen MR) is 101 cm³/mol. The van der Waals surface area contributed by atoms with Crippen molar-refractivity contribution in [2.75, 3.05) is 0 Å². The van der Waals surface area contributed by atoms with Crippen molar-refractivity contribution in [1.82, 2.24) is 14.7 Å². The molecule has 0 aromatic carbocycles. The van der Waals surface area contributed by atoms with Crippen LogP contribution in [0.5, 0.6) is 0 Å². The summed E-state index contributed by atoms with van der Waals surface area (Å²) >= 11 is 1.85. The van der Waals surface area contributed by atoms with Crippen LogP contribution in [0.4, 0.5) is 0 Å². The van der Waals surface area contributed by atoms with Crippen LogP contribution in [0.15, 0.2) is 30.5 Å². The molecule has 1 aliphatic rings. The number of fused-ring (bicyclic) bond motifs is 3.